The van der Waals surface area contributed by atoms with E-state index < -0.39 is 0 Å². The molecule has 0 fully saturated rings. The fourth-order valence-corrected chi connectivity index (χ4v) is 1.81. The molecule has 18 heavy (non-hydrogen) atoms. The van der Waals surface area contributed by atoms with E-state index in [-0.39, 0.29) is 5.91 Å². The van der Waals surface area contributed by atoms with E-state index in [9.17, 15) is 4.79 Å². The zero-order chi connectivity index (χ0) is 13.7. The number of amides is 1. The van der Waals surface area contributed by atoms with Gasteiger partial charge in [-0.25, -0.2) is 0 Å². The Balaban J connectivity index is 2.72. The van der Waals surface area contributed by atoms with Crippen LogP contribution in [-0.2, 0) is 11.3 Å². The number of ether oxygens (including phenoxy) is 1. The van der Waals surface area contributed by atoms with Gasteiger partial charge in [-0.15, -0.1) is 0 Å². The second-order valence-corrected chi connectivity index (χ2v) is 5.12. The summed E-state index contributed by atoms with van der Waals surface area (Å²) in [6.45, 7) is 8.72. The van der Waals surface area contributed by atoms with Crippen molar-refractivity contribution < 1.29 is 9.53 Å². The maximum absolute atomic E-state index is 11.6. The third kappa shape index (κ3) is 4.06. The van der Waals surface area contributed by atoms with Crippen LogP contribution in [0.25, 0.3) is 0 Å². The van der Waals surface area contributed by atoms with E-state index in [1.165, 1.54) is 11.1 Å². The van der Waals surface area contributed by atoms with Crippen molar-refractivity contribution in [3.8, 4) is 5.75 Å². The van der Waals surface area contributed by atoms with Crippen LogP contribution in [0.3, 0.4) is 0 Å². The highest BCUT2D eigenvalue weighted by molar-refractivity contribution is 5.76. The zero-order valence-electron chi connectivity index (χ0n) is 12.0. The Morgan fingerprint density at radius 2 is 1.89 bits per heavy atom. The number of rotatable bonds is 5. The van der Waals surface area contributed by atoms with Crippen molar-refractivity contribution in [2.75, 3.05) is 7.11 Å². The van der Waals surface area contributed by atoms with E-state index in [1.54, 1.807) is 7.11 Å². The lowest BCUT2D eigenvalue weighted by Crippen LogP contribution is -2.24. The third-order valence-electron chi connectivity index (χ3n) is 2.97. The number of nitrogens with one attached hydrogen (secondary N) is 1. The zero-order valence-corrected chi connectivity index (χ0v) is 12.0. The molecule has 1 N–H and O–H groups in total. The molecule has 3 heteroatoms. The molecule has 0 aromatic heterocycles. The van der Waals surface area contributed by atoms with Crippen LogP contribution in [0.5, 0.6) is 5.75 Å². The number of hydrogen-bond donors (Lipinski definition) is 1. The Bertz CT molecular complexity index is 425. The summed E-state index contributed by atoms with van der Waals surface area (Å²) in [5, 5.41) is 2.93. The normalized spacial score (nSPS) is 10.6. The van der Waals surface area contributed by atoms with Crippen LogP contribution in [0, 0.1) is 19.8 Å². The highest BCUT2D eigenvalue weighted by Gasteiger charge is 2.08. The van der Waals surface area contributed by atoms with Crippen molar-refractivity contribution in [2.24, 2.45) is 5.92 Å². The Morgan fingerprint density at radius 3 is 2.44 bits per heavy atom. The van der Waals surface area contributed by atoms with Gasteiger partial charge in [0.15, 0.2) is 0 Å². The number of carbonyl (C=O) groups excluding carboxylic acids is 1. The van der Waals surface area contributed by atoms with Crippen LogP contribution in [0.4, 0.5) is 0 Å². The first-order valence-electron chi connectivity index (χ1n) is 6.34. The fourth-order valence-electron chi connectivity index (χ4n) is 1.81. The molecule has 0 unspecified atom stereocenters. The van der Waals surface area contributed by atoms with Gasteiger partial charge in [0.1, 0.15) is 5.75 Å². The second-order valence-electron chi connectivity index (χ2n) is 5.12. The molecule has 100 valence electrons. The molecule has 0 aliphatic carbocycles. The summed E-state index contributed by atoms with van der Waals surface area (Å²) in [6.07, 6.45) is 0.563. The molecule has 0 bridgehead atoms. The minimum atomic E-state index is 0.0882. The van der Waals surface area contributed by atoms with Crippen LogP contribution < -0.4 is 10.1 Å². The molecule has 0 radical (unpaired) electrons. The van der Waals surface area contributed by atoms with Gasteiger partial charge in [-0.2, -0.15) is 0 Å². The Hall–Kier alpha value is -1.51. The molecule has 0 spiro atoms. The summed E-state index contributed by atoms with van der Waals surface area (Å²) in [5.41, 5.74) is 3.44. The molecular weight excluding hydrogens is 226 g/mol. The Kier molecular flexibility index (Phi) is 5.20. The maximum Gasteiger partial charge on any atom is 0.220 e. The van der Waals surface area contributed by atoms with E-state index in [2.05, 4.69) is 25.2 Å². The van der Waals surface area contributed by atoms with Gasteiger partial charge in [0.2, 0.25) is 5.91 Å². The first kappa shape index (κ1) is 14.6. The first-order valence-corrected chi connectivity index (χ1v) is 6.34. The molecule has 0 aliphatic rings. The average molecular weight is 249 g/mol. The lowest BCUT2D eigenvalue weighted by atomic mass is 10.0. The summed E-state index contributed by atoms with van der Waals surface area (Å²) >= 11 is 0. The SMILES string of the molecule is COc1cc(C)c(C)cc1CNC(=O)CC(C)C. The van der Waals surface area contributed by atoms with Gasteiger partial charge in [0.05, 0.1) is 7.11 Å². The predicted octanol–water partition coefficient (Wildman–Crippen LogP) is 2.97. The van der Waals surface area contributed by atoms with Crippen LogP contribution in [0.2, 0.25) is 0 Å². The molecule has 0 saturated heterocycles. The summed E-state index contributed by atoms with van der Waals surface area (Å²) in [4.78, 5) is 11.6. The van der Waals surface area contributed by atoms with Gasteiger partial charge in [0.25, 0.3) is 0 Å². The number of carbonyl (C=O) groups is 1. The molecular formula is C15H23NO2. The highest BCUT2D eigenvalue weighted by Crippen LogP contribution is 2.22. The largest absolute Gasteiger partial charge is 0.496 e. The number of methoxy groups -OCH3 is 1. The first-order chi connectivity index (χ1) is 8.43. The van der Waals surface area contributed by atoms with Crippen molar-refractivity contribution in [3.05, 3.63) is 28.8 Å². The molecule has 0 aliphatic heterocycles. The summed E-state index contributed by atoms with van der Waals surface area (Å²) in [6, 6.07) is 4.09. The van der Waals surface area contributed by atoms with Crippen molar-refractivity contribution in [2.45, 2.75) is 40.7 Å². The van der Waals surface area contributed by atoms with E-state index in [0.29, 0.717) is 18.9 Å². The number of aryl methyl sites for hydroxylation is 2. The van der Waals surface area contributed by atoms with E-state index in [0.717, 1.165) is 11.3 Å². The van der Waals surface area contributed by atoms with Crippen LogP contribution >= 0.6 is 0 Å². The van der Waals surface area contributed by atoms with Gasteiger partial charge in [-0.1, -0.05) is 19.9 Å². The number of hydrogen-bond acceptors (Lipinski definition) is 2. The summed E-state index contributed by atoms with van der Waals surface area (Å²) in [7, 11) is 1.66. The van der Waals surface area contributed by atoms with Gasteiger partial charge in [-0.05, 0) is 37.0 Å². The average Bonchev–Trinajstić information content (AvgIpc) is 2.29. The molecule has 1 rings (SSSR count). The Labute approximate surface area is 110 Å². The molecule has 3 nitrogen and oxygen atoms in total. The van der Waals surface area contributed by atoms with Crippen molar-refractivity contribution in [1.82, 2.24) is 5.32 Å². The summed E-state index contributed by atoms with van der Waals surface area (Å²) in [5.74, 6) is 1.31. The van der Waals surface area contributed by atoms with Crippen molar-refractivity contribution >= 4 is 5.91 Å². The molecule has 1 aromatic carbocycles. The quantitative estimate of drug-likeness (QED) is 0.871. The van der Waals surface area contributed by atoms with Gasteiger partial charge in [-0.3, -0.25) is 4.79 Å². The highest BCUT2D eigenvalue weighted by atomic mass is 16.5. The van der Waals surface area contributed by atoms with Crippen molar-refractivity contribution in [3.63, 3.8) is 0 Å². The number of benzene rings is 1. The van der Waals surface area contributed by atoms with Gasteiger partial charge >= 0.3 is 0 Å². The molecule has 0 saturated carbocycles. The molecule has 0 heterocycles. The Morgan fingerprint density at radius 1 is 1.28 bits per heavy atom. The van der Waals surface area contributed by atoms with E-state index >= 15 is 0 Å². The fraction of sp³-hybridized carbons (Fsp3) is 0.533. The molecule has 0 atom stereocenters. The van der Waals surface area contributed by atoms with E-state index in [1.807, 2.05) is 19.9 Å². The van der Waals surface area contributed by atoms with Crippen LogP contribution in [0.1, 0.15) is 37.0 Å². The topological polar surface area (TPSA) is 38.3 Å². The van der Waals surface area contributed by atoms with Crippen molar-refractivity contribution in [1.29, 1.82) is 0 Å². The third-order valence-corrected chi connectivity index (χ3v) is 2.97. The smallest absolute Gasteiger partial charge is 0.220 e. The van der Waals surface area contributed by atoms with Crippen LogP contribution in [-0.4, -0.2) is 13.0 Å². The molecule has 1 amide bonds. The van der Waals surface area contributed by atoms with Crippen LogP contribution in [0.15, 0.2) is 12.1 Å². The van der Waals surface area contributed by atoms with Gasteiger partial charge < -0.3 is 10.1 Å². The minimum absolute atomic E-state index is 0.0882. The lowest BCUT2D eigenvalue weighted by molar-refractivity contribution is -0.121. The monoisotopic (exact) mass is 249 g/mol. The second kappa shape index (κ2) is 6.43. The predicted molar refractivity (Wildman–Crippen MR) is 73.8 cm³/mol. The van der Waals surface area contributed by atoms with E-state index in [4.69, 9.17) is 4.74 Å². The minimum Gasteiger partial charge on any atom is -0.496 e. The van der Waals surface area contributed by atoms with Gasteiger partial charge in [0, 0.05) is 18.5 Å². The lowest BCUT2D eigenvalue weighted by Gasteiger charge is -2.13. The molecule has 1 aromatic rings. The standard InChI is InChI=1S/C15H23NO2/c1-10(2)6-15(17)16-9-13-7-11(3)12(4)8-14(13)18-5/h7-8,10H,6,9H2,1-5H3,(H,16,17). The summed E-state index contributed by atoms with van der Waals surface area (Å²) < 4.78 is 5.34. The maximum atomic E-state index is 11.6.